The first-order valence-electron chi connectivity index (χ1n) is 9.85. The van der Waals surface area contributed by atoms with E-state index in [1.807, 2.05) is 0 Å². The Morgan fingerprint density at radius 2 is 1.96 bits per heavy atom. The zero-order chi connectivity index (χ0) is 17.9. The third-order valence-electron chi connectivity index (χ3n) is 6.81. The molecule has 4 aliphatic carbocycles. The van der Waals surface area contributed by atoms with Crippen LogP contribution in [0.4, 0.5) is 0 Å². The molecule has 0 aromatic heterocycles. The zero-order valence-electron chi connectivity index (χ0n) is 15.6. The summed E-state index contributed by atoms with van der Waals surface area (Å²) >= 11 is 2.47. The number of halogens is 1. The van der Waals surface area contributed by atoms with Gasteiger partial charge in [-0.2, -0.15) is 0 Å². The summed E-state index contributed by atoms with van der Waals surface area (Å²) in [6.07, 6.45) is 17.9. The topological polar surface area (TPSA) is 0 Å². The van der Waals surface area contributed by atoms with Crippen LogP contribution in [0.3, 0.4) is 0 Å². The Balaban J connectivity index is 1.53. The van der Waals surface area contributed by atoms with Gasteiger partial charge in [-0.1, -0.05) is 56.4 Å². The number of benzene rings is 1. The van der Waals surface area contributed by atoms with Crippen LogP contribution in [-0.2, 0) is 6.42 Å². The molecule has 1 aromatic carbocycles. The molecule has 1 heteroatoms. The Kier molecular flexibility index (Phi) is 3.93. The van der Waals surface area contributed by atoms with Gasteiger partial charge in [-0.15, -0.1) is 0 Å². The van der Waals surface area contributed by atoms with E-state index >= 15 is 0 Å². The van der Waals surface area contributed by atoms with Crippen LogP contribution in [0.25, 0.3) is 11.6 Å². The maximum atomic E-state index is 2.47. The minimum Gasteiger partial charge on any atom is -0.0839 e. The molecule has 0 fully saturated rings. The van der Waals surface area contributed by atoms with Crippen molar-refractivity contribution < 1.29 is 0 Å². The number of allylic oxidation sites excluding steroid dienone is 9. The summed E-state index contributed by atoms with van der Waals surface area (Å²) in [4.78, 5) is 0. The maximum absolute atomic E-state index is 2.47. The molecule has 0 heterocycles. The number of hydrogen-bond acceptors (Lipinski definition) is 0. The van der Waals surface area contributed by atoms with E-state index in [1.165, 1.54) is 57.9 Å². The molecular weight excluding hydrogens is 427 g/mol. The van der Waals surface area contributed by atoms with Gasteiger partial charge in [0.1, 0.15) is 0 Å². The first-order valence-corrected chi connectivity index (χ1v) is 10.9. The van der Waals surface area contributed by atoms with Crippen LogP contribution in [0.1, 0.15) is 56.2 Å². The molecule has 1 aromatic rings. The minimum absolute atomic E-state index is 0.255. The minimum atomic E-state index is 0.255. The van der Waals surface area contributed by atoms with Gasteiger partial charge in [-0.3, -0.25) is 0 Å². The van der Waals surface area contributed by atoms with Crippen molar-refractivity contribution in [3.63, 3.8) is 0 Å². The van der Waals surface area contributed by atoms with E-state index in [2.05, 4.69) is 85.0 Å². The van der Waals surface area contributed by atoms with E-state index in [0.29, 0.717) is 5.92 Å². The maximum Gasteiger partial charge on any atom is -0.00265 e. The van der Waals surface area contributed by atoms with Crippen LogP contribution >= 0.6 is 22.6 Å². The fourth-order valence-electron chi connectivity index (χ4n) is 5.29. The zero-order valence-corrected chi connectivity index (χ0v) is 17.8. The molecule has 26 heavy (non-hydrogen) atoms. The van der Waals surface area contributed by atoms with E-state index in [1.54, 1.807) is 16.7 Å². The van der Waals surface area contributed by atoms with Gasteiger partial charge in [0.15, 0.2) is 0 Å². The van der Waals surface area contributed by atoms with E-state index in [0.717, 1.165) is 0 Å². The lowest BCUT2D eigenvalue weighted by atomic mass is 9.71. The number of fused-ring (bicyclic) bond motifs is 3. The molecule has 0 saturated heterocycles. The van der Waals surface area contributed by atoms with Crippen LogP contribution in [0.15, 0.2) is 62.8 Å². The van der Waals surface area contributed by atoms with Crippen molar-refractivity contribution in [1.82, 2.24) is 0 Å². The molecule has 0 bridgehead atoms. The molecule has 0 radical (unpaired) electrons. The predicted molar refractivity (Wildman–Crippen MR) is 120 cm³/mol. The Bertz CT molecular complexity index is 946. The Morgan fingerprint density at radius 1 is 1.08 bits per heavy atom. The van der Waals surface area contributed by atoms with Gasteiger partial charge in [0.25, 0.3) is 0 Å². The molecule has 0 saturated carbocycles. The Morgan fingerprint density at radius 3 is 2.85 bits per heavy atom. The van der Waals surface area contributed by atoms with E-state index < -0.39 is 0 Å². The van der Waals surface area contributed by atoms with Gasteiger partial charge in [-0.25, -0.2) is 0 Å². The highest BCUT2D eigenvalue weighted by Crippen LogP contribution is 2.57. The molecule has 1 unspecified atom stereocenters. The number of aryl methyl sites for hydroxylation is 1. The summed E-state index contributed by atoms with van der Waals surface area (Å²) in [5.74, 6) is 0.632. The van der Waals surface area contributed by atoms with Gasteiger partial charge in [-0.05, 0) is 115 Å². The SMILES string of the molecule is CC1(C)C2=C(CCC=C2)C2=CC=C(c3ccc4c(c3)CCC(I)=C4)CC21. The van der Waals surface area contributed by atoms with Crippen molar-refractivity contribution in [2.45, 2.75) is 46.0 Å². The Hall–Kier alpha value is -1.35. The van der Waals surface area contributed by atoms with Crippen LogP contribution in [0, 0.1) is 11.3 Å². The first-order chi connectivity index (χ1) is 12.5. The lowest BCUT2D eigenvalue weighted by Crippen LogP contribution is -2.23. The summed E-state index contributed by atoms with van der Waals surface area (Å²) < 4.78 is 1.48. The summed E-state index contributed by atoms with van der Waals surface area (Å²) in [5.41, 5.74) is 11.0. The molecule has 0 N–H and O–H groups in total. The van der Waals surface area contributed by atoms with Crippen molar-refractivity contribution in [2.24, 2.45) is 11.3 Å². The number of hydrogen-bond donors (Lipinski definition) is 0. The average molecular weight is 452 g/mol. The van der Waals surface area contributed by atoms with Crippen molar-refractivity contribution in [3.05, 3.63) is 79.5 Å². The van der Waals surface area contributed by atoms with Crippen LogP contribution in [0.2, 0.25) is 0 Å². The fourth-order valence-corrected chi connectivity index (χ4v) is 5.89. The molecule has 5 rings (SSSR count). The summed E-state index contributed by atoms with van der Waals surface area (Å²) in [6, 6.07) is 7.12. The second-order valence-electron chi connectivity index (χ2n) is 8.63. The average Bonchev–Trinajstić information content (AvgIpc) is 2.89. The third kappa shape index (κ3) is 2.54. The summed E-state index contributed by atoms with van der Waals surface area (Å²) in [6.45, 7) is 4.90. The van der Waals surface area contributed by atoms with Crippen LogP contribution in [-0.4, -0.2) is 0 Å². The molecule has 0 spiro atoms. The smallest absolute Gasteiger partial charge is 0.00265 e. The quantitative estimate of drug-likeness (QED) is 0.389. The monoisotopic (exact) mass is 452 g/mol. The largest absolute Gasteiger partial charge is 0.0839 e. The van der Waals surface area contributed by atoms with Gasteiger partial charge in [0.2, 0.25) is 0 Å². The summed E-state index contributed by atoms with van der Waals surface area (Å²) in [7, 11) is 0. The van der Waals surface area contributed by atoms with Crippen molar-refractivity contribution in [1.29, 1.82) is 0 Å². The third-order valence-corrected chi connectivity index (χ3v) is 7.66. The predicted octanol–water partition coefficient (Wildman–Crippen LogP) is 7.42. The molecule has 0 aliphatic heterocycles. The molecule has 4 aliphatic rings. The van der Waals surface area contributed by atoms with E-state index in [-0.39, 0.29) is 5.41 Å². The van der Waals surface area contributed by atoms with Crippen molar-refractivity contribution >= 4 is 34.2 Å². The van der Waals surface area contributed by atoms with Gasteiger partial charge < -0.3 is 0 Å². The van der Waals surface area contributed by atoms with Crippen LogP contribution < -0.4 is 0 Å². The standard InChI is InChI=1S/C25H25I/c1-25(2)23-6-4-3-5-21(23)22-12-10-19(15-24(22)25)16-7-8-18-14-20(26)11-9-17(18)13-16/h4,6-8,10,12-14,24H,3,5,9,11,15H2,1-2H3. The lowest BCUT2D eigenvalue weighted by Gasteiger charge is -2.33. The molecular formula is C25H25I. The fraction of sp³-hybridized carbons (Fsp3) is 0.360. The molecule has 132 valence electrons. The molecule has 0 amide bonds. The van der Waals surface area contributed by atoms with E-state index in [9.17, 15) is 0 Å². The second kappa shape index (κ2) is 6.09. The van der Waals surface area contributed by atoms with Gasteiger partial charge in [0.05, 0.1) is 0 Å². The second-order valence-corrected chi connectivity index (χ2v) is 10.0. The Labute approximate surface area is 170 Å². The van der Waals surface area contributed by atoms with Crippen molar-refractivity contribution in [2.75, 3.05) is 0 Å². The highest BCUT2D eigenvalue weighted by molar-refractivity contribution is 14.1. The molecule has 1 atom stereocenters. The van der Waals surface area contributed by atoms with Gasteiger partial charge >= 0.3 is 0 Å². The summed E-state index contributed by atoms with van der Waals surface area (Å²) in [5, 5.41) is 0. The lowest BCUT2D eigenvalue weighted by molar-refractivity contribution is 0.339. The highest BCUT2D eigenvalue weighted by Gasteiger charge is 2.44. The normalized spacial score (nSPS) is 25.8. The molecule has 0 nitrogen and oxygen atoms in total. The van der Waals surface area contributed by atoms with Gasteiger partial charge in [0, 0.05) is 0 Å². The van der Waals surface area contributed by atoms with E-state index in [4.69, 9.17) is 0 Å². The first kappa shape index (κ1) is 16.8. The van der Waals surface area contributed by atoms with Crippen LogP contribution in [0.5, 0.6) is 0 Å². The number of rotatable bonds is 1. The van der Waals surface area contributed by atoms with Crippen molar-refractivity contribution in [3.8, 4) is 0 Å². The highest BCUT2D eigenvalue weighted by atomic mass is 127.